The van der Waals surface area contributed by atoms with Crippen molar-refractivity contribution in [3.63, 3.8) is 0 Å². The summed E-state index contributed by atoms with van der Waals surface area (Å²) in [6, 6.07) is 39.4. The van der Waals surface area contributed by atoms with E-state index in [1.54, 1.807) is 0 Å². The molecular weight excluding hydrogens is 394 g/mol. The Bertz CT molecular complexity index is 1540. The lowest BCUT2D eigenvalue weighted by atomic mass is 10.1. The Kier molecular flexibility index (Phi) is 4.26. The summed E-state index contributed by atoms with van der Waals surface area (Å²) in [5, 5.41) is 5.18. The zero-order valence-electron chi connectivity index (χ0n) is 17.2. The Balaban J connectivity index is 1.61. The largest absolute Gasteiger partial charge is 0.310 e. The van der Waals surface area contributed by atoms with Crippen molar-refractivity contribution in [1.82, 2.24) is 0 Å². The first-order chi connectivity index (χ1) is 15.3. The highest BCUT2D eigenvalue weighted by Gasteiger charge is 2.16. The molecule has 6 rings (SSSR count). The van der Waals surface area contributed by atoms with E-state index in [1.807, 2.05) is 11.3 Å². The fourth-order valence-corrected chi connectivity index (χ4v) is 5.55. The van der Waals surface area contributed by atoms with Crippen molar-refractivity contribution in [1.29, 1.82) is 0 Å². The summed E-state index contributed by atoms with van der Waals surface area (Å²) in [6.07, 6.45) is 0. The van der Waals surface area contributed by atoms with Gasteiger partial charge in [-0.05, 0) is 54.8 Å². The molecule has 0 radical (unpaired) electrons. The maximum atomic E-state index is 2.37. The fourth-order valence-electron chi connectivity index (χ4n) is 4.43. The molecule has 0 fully saturated rings. The van der Waals surface area contributed by atoms with Crippen molar-refractivity contribution in [2.75, 3.05) is 4.90 Å². The smallest absolute Gasteiger partial charge is 0.0540 e. The summed E-state index contributed by atoms with van der Waals surface area (Å²) in [5.41, 5.74) is 4.84. The zero-order chi connectivity index (χ0) is 20.8. The molecule has 0 atom stereocenters. The third-order valence-electron chi connectivity index (χ3n) is 5.89. The SMILES string of the molecule is Cc1ccc2sc3cc(N(c4ccccc4)c4cccc5ccccc45)ccc3c2c1. The lowest BCUT2D eigenvalue weighted by molar-refractivity contribution is 1.30. The molecule has 1 aromatic heterocycles. The van der Waals surface area contributed by atoms with Gasteiger partial charge in [0.05, 0.1) is 5.69 Å². The van der Waals surface area contributed by atoms with Crippen LogP contribution in [-0.4, -0.2) is 0 Å². The first-order valence-corrected chi connectivity index (χ1v) is 11.4. The summed E-state index contributed by atoms with van der Waals surface area (Å²) in [6.45, 7) is 2.16. The molecular formula is C29H21NS. The summed E-state index contributed by atoms with van der Waals surface area (Å²) < 4.78 is 2.66. The van der Waals surface area contributed by atoms with Crippen LogP contribution in [0.4, 0.5) is 17.1 Å². The lowest BCUT2D eigenvalue weighted by Crippen LogP contribution is -2.10. The summed E-state index contributed by atoms with van der Waals surface area (Å²) in [4.78, 5) is 2.37. The number of hydrogen-bond donors (Lipinski definition) is 0. The summed E-state index contributed by atoms with van der Waals surface area (Å²) in [5.74, 6) is 0. The second-order valence-electron chi connectivity index (χ2n) is 7.95. The van der Waals surface area contributed by atoms with Gasteiger partial charge in [0.2, 0.25) is 0 Å². The molecule has 5 aromatic carbocycles. The van der Waals surface area contributed by atoms with Gasteiger partial charge in [0.1, 0.15) is 0 Å². The second kappa shape index (κ2) is 7.26. The molecule has 0 aliphatic carbocycles. The lowest BCUT2D eigenvalue weighted by Gasteiger charge is -2.27. The highest BCUT2D eigenvalue weighted by Crippen LogP contribution is 2.42. The number of fused-ring (bicyclic) bond motifs is 4. The Morgan fingerprint density at radius 2 is 1.35 bits per heavy atom. The van der Waals surface area contributed by atoms with Gasteiger partial charge in [-0.3, -0.25) is 0 Å². The molecule has 0 N–H and O–H groups in total. The molecule has 1 nitrogen and oxygen atoms in total. The first-order valence-electron chi connectivity index (χ1n) is 10.5. The van der Waals surface area contributed by atoms with Crippen LogP contribution in [0.5, 0.6) is 0 Å². The van der Waals surface area contributed by atoms with E-state index >= 15 is 0 Å². The van der Waals surface area contributed by atoms with E-state index in [2.05, 4.69) is 121 Å². The molecule has 148 valence electrons. The van der Waals surface area contributed by atoms with Gasteiger partial charge in [-0.15, -0.1) is 11.3 Å². The van der Waals surface area contributed by atoms with Gasteiger partial charge in [0, 0.05) is 36.9 Å². The quantitative estimate of drug-likeness (QED) is 0.279. The van der Waals surface area contributed by atoms with Crippen LogP contribution in [0, 0.1) is 6.92 Å². The van der Waals surface area contributed by atoms with Crippen LogP contribution in [0.1, 0.15) is 5.56 Å². The maximum absolute atomic E-state index is 2.37. The van der Waals surface area contributed by atoms with Gasteiger partial charge in [0.25, 0.3) is 0 Å². The van der Waals surface area contributed by atoms with E-state index in [0.29, 0.717) is 0 Å². The molecule has 0 aliphatic heterocycles. The molecule has 0 saturated heterocycles. The Morgan fingerprint density at radius 1 is 0.548 bits per heavy atom. The average molecular weight is 416 g/mol. The average Bonchev–Trinajstić information content (AvgIpc) is 3.17. The number of thiophene rings is 1. The van der Waals surface area contributed by atoms with Gasteiger partial charge in [-0.1, -0.05) is 72.3 Å². The first kappa shape index (κ1) is 18.2. The minimum absolute atomic E-state index is 1.16. The normalized spacial score (nSPS) is 11.4. The van der Waals surface area contributed by atoms with Crippen molar-refractivity contribution in [3.05, 3.63) is 115 Å². The number of benzene rings is 5. The molecule has 2 heteroatoms. The van der Waals surface area contributed by atoms with Crippen LogP contribution in [0.3, 0.4) is 0 Å². The number of aryl methyl sites for hydroxylation is 1. The molecule has 1 heterocycles. The number of rotatable bonds is 3. The minimum atomic E-state index is 1.16. The predicted molar refractivity (Wildman–Crippen MR) is 136 cm³/mol. The molecule has 31 heavy (non-hydrogen) atoms. The van der Waals surface area contributed by atoms with E-state index in [4.69, 9.17) is 0 Å². The van der Waals surface area contributed by atoms with Gasteiger partial charge < -0.3 is 4.90 Å². The van der Waals surface area contributed by atoms with Crippen LogP contribution in [0.2, 0.25) is 0 Å². The molecule has 0 saturated carbocycles. The maximum Gasteiger partial charge on any atom is 0.0540 e. The van der Waals surface area contributed by atoms with Crippen LogP contribution in [-0.2, 0) is 0 Å². The van der Waals surface area contributed by atoms with Gasteiger partial charge in [0.15, 0.2) is 0 Å². The van der Waals surface area contributed by atoms with Crippen molar-refractivity contribution in [3.8, 4) is 0 Å². The predicted octanol–water partition coefficient (Wildman–Crippen LogP) is 8.99. The van der Waals surface area contributed by atoms with E-state index in [9.17, 15) is 0 Å². The van der Waals surface area contributed by atoms with E-state index in [0.717, 1.165) is 5.69 Å². The van der Waals surface area contributed by atoms with E-state index < -0.39 is 0 Å². The van der Waals surface area contributed by atoms with Crippen LogP contribution in [0.25, 0.3) is 30.9 Å². The fraction of sp³-hybridized carbons (Fsp3) is 0.0345. The van der Waals surface area contributed by atoms with Crippen LogP contribution in [0.15, 0.2) is 109 Å². The summed E-state index contributed by atoms with van der Waals surface area (Å²) >= 11 is 1.87. The van der Waals surface area contributed by atoms with E-state index in [1.165, 1.54) is 47.9 Å². The van der Waals surface area contributed by atoms with Crippen molar-refractivity contribution in [2.24, 2.45) is 0 Å². The number of nitrogens with zero attached hydrogens (tertiary/aromatic N) is 1. The molecule has 0 aliphatic rings. The van der Waals surface area contributed by atoms with Crippen LogP contribution >= 0.6 is 11.3 Å². The molecule has 0 unspecified atom stereocenters. The third-order valence-corrected chi connectivity index (χ3v) is 7.02. The highest BCUT2D eigenvalue weighted by molar-refractivity contribution is 7.25. The number of anilines is 3. The van der Waals surface area contributed by atoms with Gasteiger partial charge in [-0.2, -0.15) is 0 Å². The molecule has 0 spiro atoms. The van der Waals surface area contributed by atoms with Gasteiger partial charge in [-0.25, -0.2) is 0 Å². The van der Waals surface area contributed by atoms with Crippen molar-refractivity contribution in [2.45, 2.75) is 6.92 Å². The standard InChI is InChI=1S/C29H21NS/c1-20-14-17-28-26(18-20)25-16-15-23(19-29(25)31-28)30(22-10-3-2-4-11-22)27-13-7-9-21-8-5-6-12-24(21)27/h2-19H,1H3. The third kappa shape index (κ3) is 3.08. The number of hydrogen-bond acceptors (Lipinski definition) is 2. The molecule has 6 aromatic rings. The highest BCUT2D eigenvalue weighted by atomic mass is 32.1. The van der Waals surface area contributed by atoms with Crippen molar-refractivity contribution < 1.29 is 0 Å². The monoisotopic (exact) mass is 415 g/mol. The molecule has 0 amide bonds. The van der Waals surface area contributed by atoms with E-state index in [-0.39, 0.29) is 0 Å². The Morgan fingerprint density at radius 3 is 2.26 bits per heavy atom. The van der Waals surface area contributed by atoms with Crippen LogP contribution < -0.4 is 4.90 Å². The number of para-hydroxylation sites is 1. The Labute approximate surface area is 185 Å². The van der Waals surface area contributed by atoms with Crippen molar-refractivity contribution >= 4 is 59.3 Å². The summed E-state index contributed by atoms with van der Waals surface area (Å²) in [7, 11) is 0. The van der Waals surface area contributed by atoms with Gasteiger partial charge >= 0.3 is 0 Å². The molecule has 0 bridgehead atoms. The zero-order valence-corrected chi connectivity index (χ0v) is 18.1. The second-order valence-corrected chi connectivity index (χ2v) is 9.04. The topological polar surface area (TPSA) is 3.24 Å². The Hall–Kier alpha value is -3.62. The minimum Gasteiger partial charge on any atom is -0.310 e.